The summed E-state index contributed by atoms with van der Waals surface area (Å²) >= 11 is 1.12. The summed E-state index contributed by atoms with van der Waals surface area (Å²) in [6, 6.07) is 5.45. The van der Waals surface area contributed by atoms with Gasteiger partial charge in [0.15, 0.2) is 0 Å². The Bertz CT molecular complexity index is 592. The van der Waals surface area contributed by atoms with Gasteiger partial charge in [-0.3, -0.25) is 9.55 Å². The normalized spacial score (nSPS) is 14.1. The predicted molar refractivity (Wildman–Crippen MR) is 77.1 cm³/mol. The molecular formula is C11H15N4O3PS. The molecule has 0 fully saturated rings. The first kappa shape index (κ1) is 15.2. The molecule has 0 aromatic carbocycles. The zero-order valence-corrected chi connectivity index (χ0v) is 12.9. The van der Waals surface area contributed by atoms with Gasteiger partial charge in [0.25, 0.3) is 0 Å². The minimum absolute atomic E-state index is 0.304. The van der Waals surface area contributed by atoms with E-state index in [1.807, 2.05) is 19.1 Å². The molecule has 9 heteroatoms. The summed E-state index contributed by atoms with van der Waals surface area (Å²) in [7, 11) is 1.41. The number of aromatic nitrogens is 3. The highest BCUT2D eigenvalue weighted by Gasteiger charge is 2.22. The van der Waals surface area contributed by atoms with Crippen molar-refractivity contribution < 1.29 is 13.6 Å². The van der Waals surface area contributed by atoms with Crippen molar-refractivity contribution in [2.45, 2.75) is 12.7 Å². The standard InChI is InChI=1S/C11H15N4O3PS/c1-3-13-19(16,17-2)20-8-10-14-11(15-18-10)9-6-4-5-7-12-9/h4-7H,3,8H2,1-2H3,(H,13,16). The van der Waals surface area contributed by atoms with E-state index in [0.717, 1.165) is 11.4 Å². The Hall–Kier alpha value is -1.21. The summed E-state index contributed by atoms with van der Waals surface area (Å²) < 4.78 is 22.3. The number of hydrogen-bond acceptors (Lipinski definition) is 7. The van der Waals surface area contributed by atoms with Gasteiger partial charge in [-0.1, -0.05) is 18.1 Å². The minimum Gasteiger partial charge on any atom is -0.338 e. The van der Waals surface area contributed by atoms with E-state index in [9.17, 15) is 4.57 Å². The van der Waals surface area contributed by atoms with E-state index in [4.69, 9.17) is 9.05 Å². The second-order valence-corrected chi connectivity index (χ2v) is 8.13. The van der Waals surface area contributed by atoms with Crippen LogP contribution in [0.15, 0.2) is 28.9 Å². The van der Waals surface area contributed by atoms with Gasteiger partial charge in [0.2, 0.25) is 11.7 Å². The van der Waals surface area contributed by atoms with Crippen molar-refractivity contribution in [3.8, 4) is 11.5 Å². The van der Waals surface area contributed by atoms with Crippen LogP contribution in [-0.2, 0) is 14.8 Å². The highest BCUT2D eigenvalue weighted by molar-refractivity contribution is 8.55. The van der Waals surface area contributed by atoms with Gasteiger partial charge in [0.1, 0.15) is 5.69 Å². The van der Waals surface area contributed by atoms with Crippen LogP contribution in [0.2, 0.25) is 0 Å². The van der Waals surface area contributed by atoms with Gasteiger partial charge in [0.05, 0.1) is 5.75 Å². The van der Waals surface area contributed by atoms with Gasteiger partial charge in [-0.05, 0) is 23.5 Å². The summed E-state index contributed by atoms with van der Waals surface area (Å²) in [4.78, 5) is 8.35. The predicted octanol–water partition coefficient (Wildman–Crippen LogP) is 2.73. The lowest BCUT2D eigenvalue weighted by Crippen LogP contribution is -2.08. The van der Waals surface area contributed by atoms with E-state index in [-0.39, 0.29) is 0 Å². The van der Waals surface area contributed by atoms with Crippen LogP contribution in [0.4, 0.5) is 0 Å². The molecule has 0 radical (unpaired) electrons. The molecule has 2 heterocycles. The topological polar surface area (TPSA) is 90.1 Å². The first-order valence-electron chi connectivity index (χ1n) is 5.96. The lowest BCUT2D eigenvalue weighted by molar-refractivity contribution is 0.390. The molecule has 108 valence electrons. The van der Waals surface area contributed by atoms with Crippen molar-refractivity contribution in [2.75, 3.05) is 13.7 Å². The number of hydrogen-bond donors (Lipinski definition) is 1. The number of nitrogens with one attached hydrogen (secondary N) is 1. The molecule has 0 saturated heterocycles. The van der Waals surface area contributed by atoms with Crippen LogP contribution < -0.4 is 5.09 Å². The maximum atomic E-state index is 12.2. The molecule has 20 heavy (non-hydrogen) atoms. The maximum Gasteiger partial charge on any atom is 0.326 e. The average Bonchev–Trinajstić information content (AvgIpc) is 2.95. The third-order valence-electron chi connectivity index (χ3n) is 2.31. The molecule has 0 amide bonds. The second-order valence-electron chi connectivity index (χ2n) is 3.69. The third kappa shape index (κ3) is 3.89. The van der Waals surface area contributed by atoms with Crippen molar-refractivity contribution in [1.82, 2.24) is 20.2 Å². The first-order valence-corrected chi connectivity index (χ1v) is 9.18. The monoisotopic (exact) mass is 314 g/mol. The second kappa shape index (κ2) is 6.99. The van der Waals surface area contributed by atoms with Crippen LogP contribution in [0, 0.1) is 0 Å². The van der Waals surface area contributed by atoms with Crippen LogP contribution in [0.25, 0.3) is 11.5 Å². The Labute approximate surface area is 120 Å². The van der Waals surface area contributed by atoms with Gasteiger partial charge in [-0.25, -0.2) is 5.09 Å². The molecule has 2 aromatic rings. The van der Waals surface area contributed by atoms with Crippen molar-refractivity contribution in [3.63, 3.8) is 0 Å². The molecule has 1 N–H and O–H groups in total. The van der Waals surface area contributed by atoms with Gasteiger partial charge in [-0.15, -0.1) is 0 Å². The zero-order valence-electron chi connectivity index (χ0n) is 11.1. The lowest BCUT2D eigenvalue weighted by atomic mass is 10.3. The van der Waals surface area contributed by atoms with Crippen LogP contribution >= 0.6 is 18.1 Å². The van der Waals surface area contributed by atoms with Crippen LogP contribution in [0.1, 0.15) is 12.8 Å². The lowest BCUT2D eigenvalue weighted by Gasteiger charge is -2.13. The minimum atomic E-state index is -2.91. The highest BCUT2D eigenvalue weighted by atomic mass is 32.7. The van der Waals surface area contributed by atoms with Gasteiger partial charge in [-0.2, -0.15) is 4.98 Å². The van der Waals surface area contributed by atoms with Crippen LogP contribution in [0.3, 0.4) is 0 Å². The molecule has 0 saturated carbocycles. The average molecular weight is 314 g/mol. The quantitative estimate of drug-likeness (QED) is 0.780. The summed E-state index contributed by atoms with van der Waals surface area (Å²) in [5.41, 5.74) is 0.633. The van der Waals surface area contributed by atoms with Crippen molar-refractivity contribution in [3.05, 3.63) is 30.3 Å². The number of nitrogens with zero attached hydrogens (tertiary/aromatic N) is 3. The fourth-order valence-corrected chi connectivity index (χ4v) is 4.34. The summed E-state index contributed by atoms with van der Waals surface area (Å²) in [5, 5.41) is 6.66. The molecule has 0 bridgehead atoms. The summed E-state index contributed by atoms with van der Waals surface area (Å²) in [6.45, 7) is -0.489. The summed E-state index contributed by atoms with van der Waals surface area (Å²) in [5.74, 6) is 1.10. The Morgan fingerprint density at radius 2 is 2.35 bits per heavy atom. The van der Waals surface area contributed by atoms with Crippen molar-refractivity contribution in [1.29, 1.82) is 0 Å². The van der Waals surface area contributed by atoms with E-state index in [1.54, 1.807) is 12.3 Å². The molecule has 7 nitrogen and oxygen atoms in total. The third-order valence-corrected chi connectivity index (χ3v) is 6.45. The fourth-order valence-electron chi connectivity index (χ4n) is 1.41. The van der Waals surface area contributed by atoms with Crippen molar-refractivity contribution >= 4 is 18.1 Å². The van der Waals surface area contributed by atoms with Gasteiger partial charge < -0.3 is 9.05 Å². The Balaban J connectivity index is 2.02. The molecule has 2 aromatic heterocycles. The van der Waals surface area contributed by atoms with Crippen LogP contribution in [-0.4, -0.2) is 28.8 Å². The van der Waals surface area contributed by atoms with E-state index in [0.29, 0.717) is 29.7 Å². The van der Waals surface area contributed by atoms with Gasteiger partial charge in [0, 0.05) is 19.9 Å². The van der Waals surface area contributed by atoms with Crippen LogP contribution in [0.5, 0.6) is 0 Å². The largest absolute Gasteiger partial charge is 0.338 e. The van der Waals surface area contributed by atoms with Crippen molar-refractivity contribution in [2.24, 2.45) is 0 Å². The Morgan fingerprint density at radius 3 is 3.00 bits per heavy atom. The molecule has 2 rings (SSSR count). The molecular weight excluding hydrogens is 299 g/mol. The van der Waals surface area contributed by atoms with Gasteiger partial charge >= 0.3 is 6.72 Å². The molecule has 1 atom stereocenters. The zero-order chi connectivity index (χ0) is 14.4. The number of rotatable bonds is 7. The SMILES string of the molecule is CCNP(=O)(OC)SCc1nc(-c2ccccn2)no1. The fraction of sp³-hybridized carbons (Fsp3) is 0.364. The summed E-state index contributed by atoms with van der Waals surface area (Å²) in [6.07, 6.45) is 1.66. The molecule has 1 unspecified atom stereocenters. The molecule has 0 aliphatic heterocycles. The van der Waals surface area contributed by atoms with E-state index in [2.05, 4.69) is 20.2 Å². The van der Waals surface area contributed by atoms with E-state index < -0.39 is 6.72 Å². The van der Waals surface area contributed by atoms with E-state index in [1.165, 1.54) is 7.11 Å². The smallest absolute Gasteiger partial charge is 0.326 e. The molecule has 0 aliphatic carbocycles. The first-order chi connectivity index (χ1) is 9.67. The highest BCUT2D eigenvalue weighted by Crippen LogP contribution is 2.56. The van der Waals surface area contributed by atoms with E-state index >= 15 is 0 Å². The molecule has 0 spiro atoms. The maximum absolute atomic E-state index is 12.2. The Kier molecular flexibility index (Phi) is 5.31. The Morgan fingerprint density at radius 1 is 1.50 bits per heavy atom. The molecule has 0 aliphatic rings. The number of pyridine rings is 1.